The number of benzene rings is 2. The van der Waals surface area contributed by atoms with Gasteiger partial charge < -0.3 is 10.2 Å². The van der Waals surface area contributed by atoms with Gasteiger partial charge in [-0.1, -0.05) is 53.0 Å². The molecular formula is C19H18Cl2N2O2. The fraction of sp³-hybridized carbons (Fsp3) is 0.263. The van der Waals surface area contributed by atoms with Gasteiger partial charge >= 0.3 is 0 Å². The molecule has 1 aliphatic heterocycles. The maximum absolute atomic E-state index is 12.4. The van der Waals surface area contributed by atoms with Crippen molar-refractivity contribution >= 4 is 40.7 Å². The van der Waals surface area contributed by atoms with Crippen molar-refractivity contribution < 1.29 is 9.59 Å². The van der Waals surface area contributed by atoms with Crippen LogP contribution in [-0.2, 0) is 16.1 Å². The van der Waals surface area contributed by atoms with Gasteiger partial charge in [-0.25, -0.2) is 0 Å². The van der Waals surface area contributed by atoms with Crippen LogP contribution in [0.15, 0.2) is 42.5 Å². The van der Waals surface area contributed by atoms with Gasteiger partial charge in [-0.2, -0.15) is 0 Å². The molecule has 1 fully saturated rings. The molecule has 1 heterocycles. The second kappa shape index (κ2) is 7.46. The van der Waals surface area contributed by atoms with E-state index in [2.05, 4.69) is 5.32 Å². The number of carbonyl (C=O) groups excluding carboxylic acids is 2. The second-order valence-electron chi connectivity index (χ2n) is 6.21. The van der Waals surface area contributed by atoms with Gasteiger partial charge in [-0.05, 0) is 30.7 Å². The summed E-state index contributed by atoms with van der Waals surface area (Å²) in [5.41, 5.74) is 2.87. The minimum atomic E-state index is -0.368. The minimum Gasteiger partial charge on any atom is -0.352 e. The molecule has 130 valence electrons. The molecular weight excluding hydrogens is 359 g/mol. The van der Waals surface area contributed by atoms with Crippen LogP contribution < -0.4 is 10.2 Å². The quantitative estimate of drug-likeness (QED) is 0.877. The average Bonchev–Trinajstić information content (AvgIpc) is 2.98. The fourth-order valence-electron chi connectivity index (χ4n) is 2.83. The Bertz CT molecular complexity index is 806. The van der Waals surface area contributed by atoms with Crippen LogP contribution in [0.5, 0.6) is 0 Å². The second-order valence-corrected chi connectivity index (χ2v) is 7.02. The van der Waals surface area contributed by atoms with Crippen molar-refractivity contribution in [2.24, 2.45) is 5.92 Å². The SMILES string of the molecule is Cc1ccc(CNC(=O)C2CC(=O)N(c3ccc(Cl)c(Cl)c3)C2)cc1. The highest BCUT2D eigenvalue weighted by Crippen LogP contribution is 2.31. The van der Waals surface area contributed by atoms with E-state index in [0.717, 1.165) is 5.56 Å². The smallest absolute Gasteiger partial charge is 0.227 e. The number of aryl methyl sites for hydroxylation is 1. The summed E-state index contributed by atoms with van der Waals surface area (Å²) >= 11 is 11.9. The summed E-state index contributed by atoms with van der Waals surface area (Å²) in [6.45, 7) is 2.82. The lowest BCUT2D eigenvalue weighted by Crippen LogP contribution is -2.32. The van der Waals surface area contributed by atoms with Crippen molar-refractivity contribution in [2.75, 3.05) is 11.4 Å². The first-order valence-corrected chi connectivity index (χ1v) is 8.78. The van der Waals surface area contributed by atoms with Crippen molar-refractivity contribution in [3.05, 3.63) is 63.6 Å². The van der Waals surface area contributed by atoms with E-state index in [9.17, 15) is 9.59 Å². The summed E-state index contributed by atoms with van der Waals surface area (Å²) in [6, 6.07) is 13.0. The summed E-state index contributed by atoms with van der Waals surface area (Å²) in [5.74, 6) is -0.572. The number of nitrogens with zero attached hydrogens (tertiary/aromatic N) is 1. The Morgan fingerprint density at radius 3 is 2.56 bits per heavy atom. The highest BCUT2D eigenvalue weighted by Gasteiger charge is 2.35. The van der Waals surface area contributed by atoms with Crippen LogP contribution in [0.1, 0.15) is 17.5 Å². The number of hydrogen-bond donors (Lipinski definition) is 1. The van der Waals surface area contributed by atoms with Crippen molar-refractivity contribution in [3.63, 3.8) is 0 Å². The van der Waals surface area contributed by atoms with Crippen LogP contribution in [0.25, 0.3) is 0 Å². The van der Waals surface area contributed by atoms with E-state index in [1.165, 1.54) is 5.56 Å². The number of nitrogens with one attached hydrogen (secondary N) is 1. The first-order chi connectivity index (χ1) is 11.9. The molecule has 0 bridgehead atoms. The molecule has 3 rings (SSSR count). The molecule has 4 nitrogen and oxygen atoms in total. The van der Waals surface area contributed by atoms with Crippen LogP contribution in [-0.4, -0.2) is 18.4 Å². The van der Waals surface area contributed by atoms with E-state index >= 15 is 0 Å². The first-order valence-electron chi connectivity index (χ1n) is 8.02. The van der Waals surface area contributed by atoms with E-state index in [1.54, 1.807) is 23.1 Å². The summed E-state index contributed by atoms with van der Waals surface area (Å²) in [4.78, 5) is 26.2. The Hall–Kier alpha value is -2.04. The van der Waals surface area contributed by atoms with Crippen LogP contribution in [0.2, 0.25) is 10.0 Å². The molecule has 2 amide bonds. The molecule has 2 aromatic carbocycles. The van der Waals surface area contributed by atoms with Gasteiger partial charge in [0.05, 0.1) is 16.0 Å². The Balaban J connectivity index is 1.62. The zero-order valence-electron chi connectivity index (χ0n) is 13.8. The largest absolute Gasteiger partial charge is 0.352 e. The minimum absolute atomic E-state index is 0.0890. The summed E-state index contributed by atoms with van der Waals surface area (Å²) in [5, 5.41) is 3.73. The van der Waals surface area contributed by atoms with Crippen LogP contribution in [0.4, 0.5) is 5.69 Å². The summed E-state index contributed by atoms with van der Waals surface area (Å²) in [7, 11) is 0. The van der Waals surface area contributed by atoms with Crippen LogP contribution in [0.3, 0.4) is 0 Å². The topological polar surface area (TPSA) is 49.4 Å². The number of anilines is 1. The molecule has 2 aromatic rings. The molecule has 1 N–H and O–H groups in total. The fourth-order valence-corrected chi connectivity index (χ4v) is 3.12. The Morgan fingerprint density at radius 1 is 1.16 bits per heavy atom. The number of rotatable bonds is 4. The van der Waals surface area contributed by atoms with Crippen molar-refractivity contribution in [2.45, 2.75) is 19.9 Å². The third-order valence-electron chi connectivity index (χ3n) is 4.30. The molecule has 1 aliphatic rings. The zero-order valence-corrected chi connectivity index (χ0v) is 15.3. The lowest BCUT2D eigenvalue weighted by atomic mass is 10.1. The van der Waals surface area contributed by atoms with E-state index in [1.807, 2.05) is 31.2 Å². The number of carbonyl (C=O) groups is 2. The lowest BCUT2D eigenvalue weighted by Gasteiger charge is -2.17. The van der Waals surface area contributed by atoms with E-state index in [-0.39, 0.29) is 24.2 Å². The summed E-state index contributed by atoms with van der Waals surface area (Å²) in [6.07, 6.45) is 0.194. The average molecular weight is 377 g/mol. The maximum Gasteiger partial charge on any atom is 0.227 e. The third kappa shape index (κ3) is 4.14. The first kappa shape index (κ1) is 17.8. The van der Waals surface area contributed by atoms with E-state index in [0.29, 0.717) is 28.8 Å². The van der Waals surface area contributed by atoms with Crippen molar-refractivity contribution in [1.29, 1.82) is 0 Å². The molecule has 0 aliphatic carbocycles. The Morgan fingerprint density at radius 2 is 1.88 bits per heavy atom. The third-order valence-corrected chi connectivity index (χ3v) is 5.04. The Kier molecular flexibility index (Phi) is 5.30. The van der Waals surface area contributed by atoms with Gasteiger partial charge in [0.2, 0.25) is 11.8 Å². The molecule has 1 atom stereocenters. The van der Waals surface area contributed by atoms with Crippen molar-refractivity contribution in [1.82, 2.24) is 5.32 Å². The monoisotopic (exact) mass is 376 g/mol. The molecule has 1 unspecified atom stereocenters. The standard InChI is InChI=1S/C19H18Cl2N2O2/c1-12-2-4-13(5-3-12)10-22-19(25)14-8-18(24)23(11-14)15-6-7-16(20)17(21)9-15/h2-7,9,14H,8,10-11H2,1H3,(H,22,25). The van der Waals surface area contributed by atoms with E-state index < -0.39 is 0 Å². The highest BCUT2D eigenvalue weighted by molar-refractivity contribution is 6.42. The van der Waals surface area contributed by atoms with Crippen molar-refractivity contribution in [3.8, 4) is 0 Å². The van der Waals surface area contributed by atoms with Gasteiger partial charge in [-0.15, -0.1) is 0 Å². The molecule has 25 heavy (non-hydrogen) atoms. The summed E-state index contributed by atoms with van der Waals surface area (Å²) < 4.78 is 0. The maximum atomic E-state index is 12.4. The molecule has 0 aromatic heterocycles. The van der Waals surface area contributed by atoms with E-state index in [4.69, 9.17) is 23.2 Å². The normalized spacial score (nSPS) is 17.0. The van der Waals surface area contributed by atoms with Gasteiger partial charge in [0.25, 0.3) is 0 Å². The molecule has 1 saturated heterocycles. The predicted molar refractivity (Wildman–Crippen MR) is 99.9 cm³/mol. The van der Waals surface area contributed by atoms with Gasteiger partial charge in [0.1, 0.15) is 0 Å². The number of halogens is 2. The van der Waals surface area contributed by atoms with Gasteiger partial charge in [0.15, 0.2) is 0 Å². The molecule has 6 heteroatoms. The predicted octanol–water partition coefficient (Wildman–Crippen LogP) is 3.97. The van der Waals surface area contributed by atoms with Crippen LogP contribution in [0, 0.1) is 12.8 Å². The molecule has 0 saturated carbocycles. The number of amides is 2. The zero-order chi connectivity index (χ0) is 18.0. The van der Waals surface area contributed by atoms with Crippen LogP contribution >= 0.6 is 23.2 Å². The lowest BCUT2D eigenvalue weighted by molar-refractivity contribution is -0.126. The number of hydrogen-bond acceptors (Lipinski definition) is 2. The Labute approximate surface area is 156 Å². The molecule has 0 spiro atoms. The van der Waals surface area contributed by atoms with Gasteiger partial charge in [-0.3, -0.25) is 9.59 Å². The molecule has 0 radical (unpaired) electrons. The van der Waals surface area contributed by atoms with Gasteiger partial charge in [0, 0.05) is 25.2 Å². The highest BCUT2D eigenvalue weighted by atomic mass is 35.5.